The van der Waals surface area contributed by atoms with Crippen molar-refractivity contribution >= 4 is 11.9 Å². The zero-order chi connectivity index (χ0) is 17.6. The molecule has 2 aliphatic rings. The van der Waals surface area contributed by atoms with Crippen molar-refractivity contribution in [2.75, 3.05) is 13.1 Å². The number of nitrogens with zero attached hydrogens (tertiary/aromatic N) is 4. The number of aromatic nitrogens is 3. The van der Waals surface area contributed by atoms with E-state index in [1.807, 2.05) is 25.2 Å². The number of likely N-dealkylation sites (tertiary alicyclic amines) is 1. The Morgan fingerprint density at radius 3 is 2.88 bits per heavy atom. The zero-order valence-electron chi connectivity index (χ0n) is 14.1. The van der Waals surface area contributed by atoms with Gasteiger partial charge in [-0.1, -0.05) is 12.5 Å². The quantitative estimate of drug-likeness (QED) is 0.920. The Balaban J connectivity index is 1.60. The summed E-state index contributed by atoms with van der Waals surface area (Å²) >= 11 is 0. The van der Waals surface area contributed by atoms with Gasteiger partial charge in [-0.3, -0.25) is 14.6 Å². The minimum Gasteiger partial charge on any atom is -0.481 e. The third kappa shape index (κ3) is 2.42. The molecule has 0 aromatic carbocycles. The molecule has 0 unspecified atom stereocenters. The Labute approximate surface area is 145 Å². The highest BCUT2D eigenvalue weighted by Gasteiger charge is 2.56. The number of carbonyl (C=O) groups excluding carboxylic acids is 1. The second-order valence-electron chi connectivity index (χ2n) is 7.01. The number of imidazole rings is 1. The third-order valence-electron chi connectivity index (χ3n) is 5.57. The molecule has 2 aromatic rings. The number of hydrogen-bond donors (Lipinski definition) is 1. The third-order valence-corrected chi connectivity index (χ3v) is 5.57. The molecule has 2 aromatic heterocycles. The van der Waals surface area contributed by atoms with Crippen LogP contribution in [0.3, 0.4) is 0 Å². The highest BCUT2D eigenvalue weighted by atomic mass is 16.4. The molecule has 2 fully saturated rings. The number of amides is 1. The molecule has 2 atom stereocenters. The van der Waals surface area contributed by atoms with Crippen LogP contribution in [-0.4, -0.2) is 49.5 Å². The molecule has 0 bridgehead atoms. The summed E-state index contributed by atoms with van der Waals surface area (Å²) in [5.41, 5.74) is 0.266. The van der Waals surface area contributed by atoms with E-state index in [4.69, 9.17) is 0 Å². The van der Waals surface area contributed by atoms with Crippen molar-refractivity contribution < 1.29 is 14.7 Å². The number of carboxylic acids is 1. The Morgan fingerprint density at radius 1 is 1.36 bits per heavy atom. The summed E-state index contributed by atoms with van der Waals surface area (Å²) in [6.07, 6.45) is 5.82. The molecule has 4 rings (SSSR count). The molecule has 1 saturated heterocycles. The second-order valence-corrected chi connectivity index (χ2v) is 7.01. The standard InChI is InChI=1S/C18H20N4O3/c1-21-10-14(20-15(21)13-6-2-3-8-19-13)16(23)22-9-12-5-4-7-18(12,11-22)17(24)25/h2-3,6,8,10,12H,4-5,7,9,11H2,1H3,(H,24,25)/t12-,18-/m0/s1. The van der Waals surface area contributed by atoms with Gasteiger partial charge in [0, 0.05) is 32.5 Å². The molecule has 1 N–H and O–H groups in total. The summed E-state index contributed by atoms with van der Waals surface area (Å²) in [6, 6.07) is 5.54. The predicted octanol–water partition coefficient (Wildman–Crippen LogP) is 1.81. The number of carboxylic acid groups (broad SMARTS) is 1. The van der Waals surface area contributed by atoms with E-state index in [9.17, 15) is 14.7 Å². The Kier molecular flexibility index (Phi) is 3.59. The summed E-state index contributed by atoms with van der Waals surface area (Å²) in [7, 11) is 1.82. The van der Waals surface area contributed by atoms with Gasteiger partial charge in [0.05, 0.1) is 5.41 Å². The van der Waals surface area contributed by atoms with Crippen LogP contribution in [-0.2, 0) is 11.8 Å². The van der Waals surface area contributed by atoms with Gasteiger partial charge in [0.25, 0.3) is 5.91 Å². The molecular formula is C18H20N4O3. The van der Waals surface area contributed by atoms with E-state index in [1.165, 1.54) is 0 Å². The van der Waals surface area contributed by atoms with Gasteiger partial charge in [0.15, 0.2) is 5.82 Å². The largest absolute Gasteiger partial charge is 0.481 e. The molecule has 1 amide bonds. The summed E-state index contributed by atoms with van der Waals surface area (Å²) in [4.78, 5) is 35.0. The Hall–Kier alpha value is -2.70. The Bertz CT molecular complexity index is 832. The fourth-order valence-corrected chi connectivity index (χ4v) is 4.26. The summed E-state index contributed by atoms with van der Waals surface area (Å²) < 4.78 is 1.78. The van der Waals surface area contributed by atoms with Crippen LogP contribution in [0, 0.1) is 11.3 Å². The van der Waals surface area contributed by atoms with Crippen molar-refractivity contribution in [2.24, 2.45) is 18.4 Å². The van der Waals surface area contributed by atoms with E-state index in [0.717, 1.165) is 12.8 Å². The molecule has 130 valence electrons. The van der Waals surface area contributed by atoms with Gasteiger partial charge in [0.1, 0.15) is 11.4 Å². The Morgan fingerprint density at radius 2 is 2.20 bits per heavy atom. The van der Waals surface area contributed by atoms with E-state index >= 15 is 0 Å². The molecule has 1 saturated carbocycles. The molecule has 25 heavy (non-hydrogen) atoms. The molecule has 0 spiro atoms. The van der Waals surface area contributed by atoms with Crippen LogP contribution >= 0.6 is 0 Å². The maximum absolute atomic E-state index is 12.9. The molecule has 7 heteroatoms. The molecule has 1 aliphatic heterocycles. The predicted molar refractivity (Wildman–Crippen MR) is 89.8 cm³/mol. The first-order chi connectivity index (χ1) is 12.0. The smallest absolute Gasteiger partial charge is 0.311 e. The van der Waals surface area contributed by atoms with Gasteiger partial charge < -0.3 is 14.6 Å². The molecule has 3 heterocycles. The first-order valence-corrected chi connectivity index (χ1v) is 8.49. The minimum atomic E-state index is -0.777. The van der Waals surface area contributed by atoms with Crippen LogP contribution in [0.2, 0.25) is 0 Å². The maximum Gasteiger partial charge on any atom is 0.311 e. The van der Waals surface area contributed by atoms with E-state index in [1.54, 1.807) is 21.9 Å². The van der Waals surface area contributed by atoms with E-state index < -0.39 is 11.4 Å². The fraction of sp³-hybridized carbons (Fsp3) is 0.444. The maximum atomic E-state index is 12.9. The average Bonchev–Trinajstić information content (AvgIpc) is 3.27. The summed E-state index contributed by atoms with van der Waals surface area (Å²) in [5, 5.41) is 9.68. The van der Waals surface area contributed by atoms with E-state index in [-0.39, 0.29) is 18.4 Å². The molecule has 1 aliphatic carbocycles. The van der Waals surface area contributed by atoms with Crippen LogP contribution in [0.1, 0.15) is 29.8 Å². The lowest BCUT2D eigenvalue weighted by Crippen LogP contribution is -2.37. The van der Waals surface area contributed by atoms with Gasteiger partial charge in [-0.05, 0) is 30.9 Å². The normalized spacial score (nSPS) is 25.2. The van der Waals surface area contributed by atoms with Gasteiger partial charge >= 0.3 is 5.97 Å². The van der Waals surface area contributed by atoms with Crippen molar-refractivity contribution in [3.63, 3.8) is 0 Å². The number of aliphatic carboxylic acids is 1. The highest BCUT2D eigenvalue weighted by molar-refractivity contribution is 5.94. The van der Waals surface area contributed by atoms with Gasteiger partial charge in [0.2, 0.25) is 0 Å². The lowest BCUT2D eigenvalue weighted by atomic mass is 9.81. The van der Waals surface area contributed by atoms with Crippen LogP contribution < -0.4 is 0 Å². The zero-order valence-corrected chi connectivity index (χ0v) is 14.1. The van der Waals surface area contributed by atoms with Gasteiger partial charge in [-0.15, -0.1) is 0 Å². The first kappa shape index (κ1) is 15.8. The molecule has 0 radical (unpaired) electrons. The average molecular weight is 340 g/mol. The van der Waals surface area contributed by atoms with Crippen molar-refractivity contribution in [3.05, 3.63) is 36.3 Å². The van der Waals surface area contributed by atoms with E-state index in [2.05, 4.69) is 9.97 Å². The first-order valence-electron chi connectivity index (χ1n) is 8.49. The number of aryl methyl sites for hydroxylation is 1. The second kappa shape index (κ2) is 5.68. The molecule has 7 nitrogen and oxygen atoms in total. The number of carbonyl (C=O) groups is 2. The highest BCUT2D eigenvalue weighted by Crippen LogP contribution is 2.49. The number of hydrogen-bond acceptors (Lipinski definition) is 4. The van der Waals surface area contributed by atoms with Gasteiger partial charge in [-0.2, -0.15) is 0 Å². The number of rotatable bonds is 3. The molecular weight excluding hydrogens is 320 g/mol. The van der Waals surface area contributed by atoms with Crippen molar-refractivity contribution in [3.8, 4) is 11.5 Å². The topological polar surface area (TPSA) is 88.3 Å². The lowest BCUT2D eigenvalue weighted by molar-refractivity contribution is -0.149. The monoisotopic (exact) mass is 340 g/mol. The SMILES string of the molecule is Cn1cc(C(=O)N2C[C@@H]3CCC[C@]3(C(=O)O)C2)nc1-c1ccccn1. The van der Waals surface area contributed by atoms with Crippen LogP contribution in [0.25, 0.3) is 11.5 Å². The number of fused-ring (bicyclic) bond motifs is 1. The van der Waals surface area contributed by atoms with Crippen molar-refractivity contribution in [2.45, 2.75) is 19.3 Å². The van der Waals surface area contributed by atoms with Crippen molar-refractivity contribution in [1.29, 1.82) is 0 Å². The van der Waals surface area contributed by atoms with Crippen molar-refractivity contribution in [1.82, 2.24) is 19.4 Å². The van der Waals surface area contributed by atoms with Gasteiger partial charge in [-0.25, -0.2) is 4.98 Å². The fourth-order valence-electron chi connectivity index (χ4n) is 4.26. The summed E-state index contributed by atoms with van der Waals surface area (Å²) in [6.45, 7) is 0.780. The minimum absolute atomic E-state index is 0.0490. The van der Waals surface area contributed by atoms with Crippen LogP contribution in [0.4, 0.5) is 0 Å². The summed E-state index contributed by atoms with van der Waals surface area (Å²) in [5.74, 6) is -0.308. The van der Waals surface area contributed by atoms with Crippen LogP contribution in [0.5, 0.6) is 0 Å². The lowest BCUT2D eigenvalue weighted by Gasteiger charge is -2.23. The number of pyridine rings is 1. The van der Waals surface area contributed by atoms with E-state index in [0.29, 0.717) is 30.2 Å². The van der Waals surface area contributed by atoms with Crippen LogP contribution in [0.15, 0.2) is 30.6 Å².